The Morgan fingerprint density at radius 1 is 0.667 bits per heavy atom. The lowest BCUT2D eigenvalue weighted by atomic mass is 9.88. The zero-order valence-corrected chi connectivity index (χ0v) is 21.7. The maximum Gasteiger partial charge on any atom is 0.460 e. The van der Waals surface area contributed by atoms with Crippen LogP contribution in [-0.4, -0.2) is 59.8 Å². The molecule has 0 amide bonds. The number of unbranched alkanes of at least 4 members (excludes halogenated alkanes) is 4. The van der Waals surface area contributed by atoms with Crippen molar-refractivity contribution in [3.63, 3.8) is 0 Å². The van der Waals surface area contributed by atoms with Crippen molar-refractivity contribution in [2.45, 2.75) is 92.4 Å². The van der Waals surface area contributed by atoms with Gasteiger partial charge in [-0.1, -0.05) is 63.3 Å². The number of benzene rings is 1. The topological polar surface area (TPSA) is 71.4 Å². The Morgan fingerprint density at radius 3 is 1.48 bits per heavy atom. The van der Waals surface area contributed by atoms with Gasteiger partial charge in [-0.3, -0.25) is 9.35 Å². The van der Waals surface area contributed by atoms with E-state index in [1.807, 2.05) is 6.92 Å². The third kappa shape index (κ3) is 6.47. The summed E-state index contributed by atoms with van der Waals surface area (Å²) in [6.07, 6.45) is -5.74. The minimum atomic E-state index is -8.44. The predicted molar refractivity (Wildman–Crippen MR) is 114 cm³/mol. The first-order valence-electron chi connectivity index (χ1n) is 11.5. The summed E-state index contributed by atoms with van der Waals surface area (Å²) in [7, 11) is -5.15. The maximum atomic E-state index is 14.4. The third-order valence-electron chi connectivity index (χ3n) is 6.08. The minimum Gasteiger partial charge on any atom is -0.293 e. The number of alkyl halides is 15. The molecule has 0 spiro atoms. The van der Waals surface area contributed by atoms with Crippen LogP contribution in [0.4, 0.5) is 65.9 Å². The van der Waals surface area contributed by atoms with E-state index in [0.29, 0.717) is 12.8 Å². The molecule has 0 bridgehead atoms. The van der Waals surface area contributed by atoms with Crippen molar-refractivity contribution in [1.82, 2.24) is 0 Å². The Balaban J connectivity index is 3.46. The van der Waals surface area contributed by atoms with Crippen LogP contribution in [0.25, 0.3) is 0 Å². The molecular formula is C22H21F15O4S. The van der Waals surface area contributed by atoms with Gasteiger partial charge in [-0.2, -0.15) is 74.3 Å². The van der Waals surface area contributed by atoms with E-state index < -0.39 is 80.4 Å². The van der Waals surface area contributed by atoms with Crippen LogP contribution in [0.5, 0.6) is 0 Å². The Bertz CT molecular complexity index is 1190. The lowest BCUT2D eigenvalue weighted by Crippen LogP contribution is -2.72. The van der Waals surface area contributed by atoms with Crippen LogP contribution >= 0.6 is 0 Å². The number of rotatable bonds is 15. The van der Waals surface area contributed by atoms with Gasteiger partial charge in [-0.15, -0.1) is 0 Å². The van der Waals surface area contributed by atoms with Gasteiger partial charge in [0.15, 0.2) is 5.78 Å². The van der Waals surface area contributed by atoms with Crippen LogP contribution < -0.4 is 0 Å². The van der Waals surface area contributed by atoms with Crippen LogP contribution in [0.3, 0.4) is 0 Å². The summed E-state index contributed by atoms with van der Waals surface area (Å²) in [5.74, 6) is -49.2. The molecule has 0 aromatic heterocycles. The van der Waals surface area contributed by atoms with Gasteiger partial charge in [-0.05, 0) is 6.42 Å². The standard InChI is InChI=1S/C22H21F15O4S/c1-2-3-4-5-6-7-14(42(39,40)41)15(38)12-8-10-13(11-9-12)16(23,24)17(25,26)18(27,28)19(29,30)20(31,32)21(33,34)22(35,36)37/h8-11,14H,2-7H2,1H3,(H,39,40,41). The molecule has 244 valence electrons. The molecule has 1 N–H and O–H groups in total. The van der Waals surface area contributed by atoms with E-state index in [0.717, 1.165) is 12.8 Å². The van der Waals surface area contributed by atoms with Gasteiger partial charge in [0.2, 0.25) is 0 Å². The molecule has 42 heavy (non-hydrogen) atoms. The monoisotopic (exact) mass is 666 g/mol. The lowest BCUT2D eigenvalue weighted by molar-refractivity contribution is -0.453. The summed E-state index contributed by atoms with van der Waals surface area (Å²) < 4.78 is 234. The van der Waals surface area contributed by atoms with E-state index in [1.54, 1.807) is 0 Å². The Hall–Kier alpha value is -2.25. The zero-order chi connectivity index (χ0) is 33.4. The van der Waals surface area contributed by atoms with Crippen LogP contribution in [-0.2, 0) is 16.0 Å². The highest BCUT2D eigenvalue weighted by molar-refractivity contribution is 7.87. The molecule has 0 heterocycles. The van der Waals surface area contributed by atoms with Crippen LogP contribution in [0.1, 0.15) is 61.4 Å². The number of carbonyl (C=O) groups excluding carboxylic acids is 1. The highest BCUT2D eigenvalue weighted by Crippen LogP contribution is 2.63. The summed E-state index contributed by atoms with van der Waals surface area (Å²) in [6.45, 7) is 1.84. The van der Waals surface area contributed by atoms with Crippen molar-refractivity contribution in [3.8, 4) is 0 Å². The van der Waals surface area contributed by atoms with Gasteiger partial charge in [0.25, 0.3) is 10.1 Å². The van der Waals surface area contributed by atoms with Gasteiger partial charge in [0.1, 0.15) is 5.25 Å². The molecule has 0 saturated carbocycles. The molecular weight excluding hydrogens is 645 g/mol. The SMILES string of the molecule is CCCCCCCC(C(=O)c1ccc(C(F)(F)C(F)(F)C(F)(F)C(F)(F)C(F)(F)C(F)(F)C(F)(F)F)cc1)S(=O)(=O)O. The Morgan fingerprint density at radius 2 is 1.07 bits per heavy atom. The molecule has 0 radical (unpaired) electrons. The molecule has 0 saturated heterocycles. The first-order chi connectivity index (χ1) is 18.6. The van der Waals surface area contributed by atoms with Crippen molar-refractivity contribution in [2.24, 2.45) is 0 Å². The molecule has 1 atom stereocenters. The second-order valence-corrected chi connectivity index (χ2v) is 10.7. The quantitative estimate of drug-likeness (QED) is 0.0885. The lowest BCUT2D eigenvalue weighted by Gasteiger charge is -2.41. The number of ketones is 1. The van der Waals surface area contributed by atoms with E-state index >= 15 is 0 Å². The fourth-order valence-electron chi connectivity index (χ4n) is 3.53. The second kappa shape index (κ2) is 12.0. The molecule has 4 nitrogen and oxygen atoms in total. The normalized spacial score (nSPS) is 15.5. The molecule has 1 aromatic rings. The molecule has 1 unspecified atom stereocenters. The molecule has 0 fully saturated rings. The predicted octanol–water partition coefficient (Wildman–Crippen LogP) is 8.32. The average molecular weight is 666 g/mol. The van der Waals surface area contributed by atoms with Gasteiger partial charge in [-0.25, -0.2) is 0 Å². The summed E-state index contributed by atoms with van der Waals surface area (Å²) in [5.41, 5.74) is -3.38. The Kier molecular flexibility index (Phi) is 10.8. The minimum absolute atomic E-state index is 0.0416. The Labute approximate surface area is 228 Å². The van der Waals surface area contributed by atoms with Gasteiger partial charge < -0.3 is 0 Å². The third-order valence-corrected chi connectivity index (χ3v) is 7.25. The largest absolute Gasteiger partial charge is 0.460 e. The molecule has 20 heteroatoms. The maximum absolute atomic E-state index is 14.4. The van der Waals surface area contributed by atoms with Crippen LogP contribution in [0.2, 0.25) is 0 Å². The highest BCUT2D eigenvalue weighted by Gasteiger charge is 2.93. The van der Waals surface area contributed by atoms with Gasteiger partial charge in [0, 0.05) is 11.1 Å². The van der Waals surface area contributed by atoms with E-state index in [2.05, 4.69) is 0 Å². The van der Waals surface area contributed by atoms with Gasteiger partial charge in [0.05, 0.1) is 0 Å². The molecule has 1 aromatic carbocycles. The number of hydrogen-bond acceptors (Lipinski definition) is 3. The fraction of sp³-hybridized carbons (Fsp3) is 0.682. The van der Waals surface area contributed by atoms with E-state index in [9.17, 15) is 83.6 Å². The van der Waals surface area contributed by atoms with E-state index in [4.69, 9.17) is 0 Å². The fourth-order valence-corrected chi connectivity index (χ4v) is 4.40. The van der Waals surface area contributed by atoms with Crippen molar-refractivity contribution in [1.29, 1.82) is 0 Å². The number of halogens is 15. The van der Waals surface area contributed by atoms with E-state index in [1.165, 1.54) is 0 Å². The molecule has 1 rings (SSSR count). The average Bonchev–Trinajstić information content (AvgIpc) is 2.83. The first kappa shape index (κ1) is 37.8. The van der Waals surface area contributed by atoms with Gasteiger partial charge >= 0.3 is 41.7 Å². The highest BCUT2D eigenvalue weighted by atomic mass is 32.2. The molecule has 0 aliphatic heterocycles. The van der Waals surface area contributed by atoms with Crippen LogP contribution in [0.15, 0.2) is 24.3 Å². The number of carbonyl (C=O) groups is 1. The summed E-state index contributed by atoms with van der Waals surface area (Å²) in [5, 5.41) is -2.22. The van der Waals surface area contributed by atoms with Crippen molar-refractivity contribution >= 4 is 15.9 Å². The summed E-state index contributed by atoms with van der Waals surface area (Å²) in [4.78, 5) is 12.5. The first-order valence-corrected chi connectivity index (χ1v) is 13.0. The van der Waals surface area contributed by atoms with Crippen LogP contribution in [0, 0.1) is 0 Å². The van der Waals surface area contributed by atoms with Crippen molar-refractivity contribution in [2.75, 3.05) is 0 Å². The van der Waals surface area contributed by atoms with E-state index in [-0.39, 0.29) is 30.7 Å². The number of hydrogen-bond donors (Lipinski definition) is 1. The summed E-state index contributed by atoms with van der Waals surface area (Å²) >= 11 is 0. The molecule has 0 aliphatic carbocycles. The summed E-state index contributed by atoms with van der Waals surface area (Å²) in [6, 6.07) is -0.528. The molecule has 0 aliphatic rings. The zero-order valence-electron chi connectivity index (χ0n) is 20.9. The number of Topliss-reactive ketones (excluding diaryl/α,β-unsaturated/α-hetero) is 1. The smallest absolute Gasteiger partial charge is 0.293 e. The second-order valence-electron chi connectivity index (χ2n) is 9.09. The van der Waals surface area contributed by atoms with Crippen molar-refractivity contribution in [3.05, 3.63) is 35.4 Å². The van der Waals surface area contributed by atoms with Crippen molar-refractivity contribution < 1.29 is 83.6 Å².